The summed E-state index contributed by atoms with van der Waals surface area (Å²) in [6.45, 7) is 0.553. The van der Waals surface area contributed by atoms with Crippen molar-refractivity contribution >= 4 is 41.8 Å². The minimum absolute atomic E-state index is 0. The molecule has 0 bridgehead atoms. The van der Waals surface area contributed by atoms with Gasteiger partial charge >= 0.3 is 0 Å². The average Bonchev–Trinajstić information content (AvgIpc) is 2.72. The lowest BCUT2D eigenvalue weighted by Gasteiger charge is -2.30. The van der Waals surface area contributed by atoms with Crippen LogP contribution in [0, 0.1) is 5.92 Å². The van der Waals surface area contributed by atoms with Crippen LogP contribution in [0.2, 0.25) is 0 Å². The first kappa shape index (κ1) is 22.7. The van der Waals surface area contributed by atoms with Crippen LogP contribution in [0.3, 0.4) is 0 Å². The van der Waals surface area contributed by atoms with Crippen molar-refractivity contribution in [2.75, 3.05) is 24.7 Å². The van der Waals surface area contributed by atoms with Crippen molar-refractivity contribution < 1.29 is 9.53 Å². The number of benzene rings is 1. The normalized spacial score (nSPS) is 19.7. The highest BCUT2D eigenvalue weighted by Gasteiger charge is 2.24. The molecule has 1 aliphatic heterocycles. The van der Waals surface area contributed by atoms with Crippen LogP contribution >= 0.6 is 35.9 Å². The monoisotopic (exact) mass is 430 g/mol. The van der Waals surface area contributed by atoms with Crippen LogP contribution in [0.15, 0.2) is 24.3 Å². The van der Waals surface area contributed by atoms with Crippen LogP contribution < -0.4 is 15.8 Å². The number of nitrogens with two attached hydrogens (primary N) is 1. The third-order valence-corrected chi connectivity index (χ3v) is 8.18. The molecule has 0 radical (unpaired) electrons. The van der Waals surface area contributed by atoms with Gasteiger partial charge in [-0.05, 0) is 54.4 Å². The quantitative estimate of drug-likeness (QED) is 0.671. The fraction of sp³-hybridized carbons (Fsp3) is 0.650. The summed E-state index contributed by atoms with van der Waals surface area (Å²) in [5, 5.41) is 3.07. The Hall–Kier alpha value is -0.560. The van der Waals surface area contributed by atoms with E-state index >= 15 is 0 Å². The van der Waals surface area contributed by atoms with E-state index in [1.165, 1.54) is 55.6 Å². The van der Waals surface area contributed by atoms with Gasteiger partial charge in [-0.1, -0.05) is 31.4 Å². The lowest BCUT2D eigenvalue weighted by Crippen LogP contribution is -2.47. The minimum atomic E-state index is -0.0755. The van der Waals surface area contributed by atoms with Crippen LogP contribution in [0.1, 0.15) is 48.7 Å². The molecule has 27 heavy (non-hydrogen) atoms. The lowest BCUT2D eigenvalue weighted by molar-refractivity contribution is -0.124. The summed E-state index contributed by atoms with van der Waals surface area (Å²) in [7, 11) is 0. The molecule has 3 rings (SSSR count). The van der Waals surface area contributed by atoms with Gasteiger partial charge in [-0.15, -0.1) is 35.9 Å². The largest absolute Gasteiger partial charge is 0.484 e. The van der Waals surface area contributed by atoms with E-state index in [1.807, 2.05) is 35.7 Å². The minimum Gasteiger partial charge on any atom is -0.484 e. The third kappa shape index (κ3) is 7.08. The highest BCUT2D eigenvalue weighted by atomic mass is 35.5. The van der Waals surface area contributed by atoms with E-state index in [2.05, 4.69) is 17.4 Å². The molecule has 7 heteroatoms. The van der Waals surface area contributed by atoms with Crippen LogP contribution in [-0.4, -0.2) is 36.6 Å². The first-order chi connectivity index (χ1) is 12.8. The second-order valence-corrected chi connectivity index (χ2v) is 9.82. The fourth-order valence-electron chi connectivity index (χ4n) is 3.70. The van der Waals surface area contributed by atoms with Crippen molar-refractivity contribution in [2.24, 2.45) is 11.7 Å². The SMILES string of the molecule is Cl.NCC(NC(=O)COc1ccc(C2SCCCS2)cc1)C1CCCCC1. The third-order valence-electron chi connectivity index (χ3n) is 5.17. The number of amides is 1. The molecule has 152 valence electrons. The summed E-state index contributed by atoms with van der Waals surface area (Å²) >= 11 is 4.02. The Morgan fingerprint density at radius 3 is 2.41 bits per heavy atom. The molecule has 0 aromatic heterocycles. The number of carbonyl (C=O) groups excluding carboxylic acids is 1. The van der Waals surface area contributed by atoms with Gasteiger partial charge in [0.2, 0.25) is 0 Å². The first-order valence-corrected chi connectivity index (χ1v) is 11.8. The summed E-state index contributed by atoms with van der Waals surface area (Å²) in [5.41, 5.74) is 7.22. The molecule has 1 atom stereocenters. The molecule has 3 N–H and O–H groups in total. The second kappa shape index (κ2) is 12.1. The number of hydrogen-bond acceptors (Lipinski definition) is 5. The lowest BCUT2D eigenvalue weighted by atomic mass is 9.84. The zero-order valence-corrected chi connectivity index (χ0v) is 18.2. The molecule has 1 amide bonds. The summed E-state index contributed by atoms with van der Waals surface area (Å²) in [6.07, 6.45) is 7.43. The molecule has 4 nitrogen and oxygen atoms in total. The smallest absolute Gasteiger partial charge is 0.258 e. The van der Waals surface area contributed by atoms with Crippen LogP contribution in [0.5, 0.6) is 5.75 Å². The average molecular weight is 431 g/mol. The molecule has 1 saturated carbocycles. The van der Waals surface area contributed by atoms with E-state index < -0.39 is 0 Å². The topological polar surface area (TPSA) is 64.3 Å². The van der Waals surface area contributed by atoms with Gasteiger partial charge in [0.25, 0.3) is 5.91 Å². The van der Waals surface area contributed by atoms with Crippen molar-refractivity contribution in [2.45, 2.75) is 49.1 Å². The predicted octanol–water partition coefficient (Wildman–Crippen LogP) is 4.38. The maximum absolute atomic E-state index is 12.2. The Morgan fingerprint density at radius 1 is 1.11 bits per heavy atom. The Bertz CT molecular complexity index is 562. The van der Waals surface area contributed by atoms with E-state index in [0.717, 1.165) is 5.75 Å². The Kier molecular flexibility index (Phi) is 10.2. The second-order valence-electron chi connectivity index (χ2n) is 7.09. The highest BCUT2D eigenvalue weighted by molar-refractivity contribution is 8.16. The van der Waals surface area contributed by atoms with Gasteiger partial charge in [0.05, 0.1) is 4.58 Å². The van der Waals surface area contributed by atoms with Gasteiger partial charge in [0, 0.05) is 12.6 Å². The zero-order valence-electron chi connectivity index (χ0n) is 15.7. The number of rotatable bonds is 7. The molecule has 1 heterocycles. The number of carbonyl (C=O) groups is 1. The fourth-order valence-corrected chi connectivity index (χ4v) is 6.60. The van der Waals surface area contributed by atoms with Crippen LogP contribution in [-0.2, 0) is 4.79 Å². The van der Waals surface area contributed by atoms with E-state index in [4.69, 9.17) is 10.5 Å². The summed E-state index contributed by atoms with van der Waals surface area (Å²) in [5.74, 6) is 3.66. The van der Waals surface area contributed by atoms with Crippen LogP contribution in [0.25, 0.3) is 0 Å². The number of hydrogen-bond donors (Lipinski definition) is 2. The van der Waals surface area contributed by atoms with Crippen molar-refractivity contribution in [3.8, 4) is 5.75 Å². The summed E-state index contributed by atoms with van der Waals surface area (Å²) in [4.78, 5) is 12.2. The van der Waals surface area contributed by atoms with Gasteiger partial charge in [-0.25, -0.2) is 0 Å². The van der Waals surface area contributed by atoms with E-state index in [-0.39, 0.29) is 31.0 Å². The standard InChI is InChI=1S/C20H30N2O2S2.ClH/c21-13-18(15-5-2-1-3-6-15)22-19(23)14-24-17-9-7-16(8-10-17)20-25-11-4-12-26-20;/h7-10,15,18,20H,1-6,11-14,21H2,(H,22,23);1H. The molecule has 1 saturated heterocycles. The van der Waals surface area contributed by atoms with Gasteiger partial charge in [0.15, 0.2) is 6.61 Å². The Labute approximate surface area is 177 Å². The van der Waals surface area contributed by atoms with Gasteiger partial charge in [-0.2, -0.15) is 0 Å². The Morgan fingerprint density at radius 2 is 1.78 bits per heavy atom. The summed E-state index contributed by atoms with van der Waals surface area (Å²) < 4.78 is 6.21. The van der Waals surface area contributed by atoms with Crippen molar-refractivity contribution in [3.63, 3.8) is 0 Å². The zero-order chi connectivity index (χ0) is 18.2. The van der Waals surface area contributed by atoms with Crippen molar-refractivity contribution in [1.82, 2.24) is 5.32 Å². The number of nitrogens with one attached hydrogen (secondary N) is 1. The van der Waals surface area contributed by atoms with Gasteiger partial charge in [0.1, 0.15) is 5.75 Å². The Balaban J connectivity index is 0.00000261. The van der Waals surface area contributed by atoms with E-state index in [9.17, 15) is 4.79 Å². The molecule has 1 aromatic rings. The molecule has 2 aliphatic rings. The maximum Gasteiger partial charge on any atom is 0.258 e. The maximum atomic E-state index is 12.2. The molecule has 1 unspecified atom stereocenters. The molecular formula is C20H31ClN2O2S2. The number of halogens is 1. The van der Waals surface area contributed by atoms with Crippen LogP contribution in [0.4, 0.5) is 0 Å². The molecule has 2 fully saturated rings. The number of thioether (sulfide) groups is 2. The van der Waals surface area contributed by atoms with E-state index in [1.54, 1.807) is 0 Å². The molecular weight excluding hydrogens is 400 g/mol. The number of ether oxygens (including phenoxy) is 1. The highest BCUT2D eigenvalue weighted by Crippen LogP contribution is 2.43. The van der Waals surface area contributed by atoms with Gasteiger partial charge in [-0.3, -0.25) is 4.79 Å². The first-order valence-electron chi connectivity index (χ1n) is 9.71. The van der Waals surface area contributed by atoms with E-state index in [0.29, 0.717) is 17.0 Å². The molecule has 0 spiro atoms. The molecule has 1 aromatic carbocycles. The molecule has 1 aliphatic carbocycles. The van der Waals surface area contributed by atoms with Crippen molar-refractivity contribution in [3.05, 3.63) is 29.8 Å². The van der Waals surface area contributed by atoms with Crippen molar-refractivity contribution in [1.29, 1.82) is 0 Å². The summed E-state index contributed by atoms with van der Waals surface area (Å²) in [6, 6.07) is 8.26. The predicted molar refractivity (Wildman–Crippen MR) is 119 cm³/mol. The van der Waals surface area contributed by atoms with Gasteiger partial charge < -0.3 is 15.8 Å².